The number of sulfonamides is 1. The highest BCUT2D eigenvalue weighted by molar-refractivity contribution is 7.89. The van der Waals surface area contributed by atoms with Crippen LogP contribution in [0.5, 0.6) is 0 Å². The van der Waals surface area contributed by atoms with Crippen molar-refractivity contribution in [2.75, 3.05) is 38.5 Å². The number of carbonyl (C=O) groups excluding carboxylic acids is 2. The third-order valence-corrected chi connectivity index (χ3v) is 8.00. The second kappa shape index (κ2) is 11.3. The fourth-order valence-electron chi connectivity index (χ4n) is 4.23. The molecule has 1 aliphatic heterocycles. The number of nitrogens with one attached hydrogen (secondary N) is 1. The number of nitrogens with zero attached hydrogens (tertiary/aromatic N) is 2. The summed E-state index contributed by atoms with van der Waals surface area (Å²) in [5, 5.41) is 2.77. The third kappa shape index (κ3) is 6.37. The fourth-order valence-corrected chi connectivity index (χ4v) is 5.57. The van der Waals surface area contributed by atoms with E-state index in [1.807, 2.05) is 60.7 Å². The van der Waals surface area contributed by atoms with E-state index in [1.165, 1.54) is 10.6 Å². The summed E-state index contributed by atoms with van der Waals surface area (Å²) in [6, 6.07) is 22.8. The minimum absolute atomic E-state index is 0.0308. The third-order valence-electron chi connectivity index (χ3n) is 6.13. The largest absolute Gasteiger partial charge is 0.459 e. The summed E-state index contributed by atoms with van der Waals surface area (Å²) in [5.41, 5.74) is 2.06. The molecule has 4 rings (SSSR count). The second-order valence-corrected chi connectivity index (χ2v) is 10.5. The molecule has 1 aromatic heterocycles. The predicted molar refractivity (Wildman–Crippen MR) is 132 cm³/mol. The number of amides is 2. The lowest BCUT2D eigenvalue weighted by Gasteiger charge is -2.33. The minimum atomic E-state index is -3.56. The zero-order valence-electron chi connectivity index (χ0n) is 19.4. The minimum Gasteiger partial charge on any atom is -0.459 e. The van der Waals surface area contributed by atoms with Crippen molar-refractivity contribution >= 4 is 21.8 Å². The number of hydrogen-bond acceptors (Lipinski definition) is 5. The Hall–Kier alpha value is -3.43. The molecule has 3 aromatic rings. The molecule has 1 aliphatic rings. The molecule has 0 saturated carbocycles. The van der Waals surface area contributed by atoms with E-state index in [4.69, 9.17) is 4.42 Å². The van der Waals surface area contributed by atoms with Gasteiger partial charge in [-0.15, -0.1) is 0 Å². The first-order valence-electron chi connectivity index (χ1n) is 11.6. The molecule has 0 bridgehead atoms. The molecule has 1 fully saturated rings. The van der Waals surface area contributed by atoms with Gasteiger partial charge in [0.15, 0.2) is 5.76 Å². The van der Waals surface area contributed by atoms with E-state index < -0.39 is 10.0 Å². The normalized spacial score (nSPS) is 14.7. The molecule has 1 saturated heterocycles. The fraction of sp³-hybridized carbons (Fsp3) is 0.308. The Labute approximate surface area is 205 Å². The molecule has 2 amide bonds. The smallest absolute Gasteiger partial charge is 0.289 e. The Morgan fingerprint density at radius 2 is 1.46 bits per heavy atom. The van der Waals surface area contributed by atoms with E-state index in [1.54, 1.807) is 17.0 Å². The standard InChI is InChI=1S/C26H29N3O5S/c30-25(20-23(21-8-3-1-4-9-21)22-10-5-2-6-11-22)27-13-19-35(32,33)29-16-14-28(15-17-29)26(31)24-12-7-18-34-24/h1-12,18,23H,13-17,19-20H2,(H,27,30). The summed E-state index contributed by atoms with van der Waals surface area (Å²) in [7, 11) is -3.56. The topological polar surface area (TPSA) is 99.9 Å². The van der Waals surface area contributed by atoms with Gasteiger partial charge in [-0.25, -0.2) is 8.42 Å². The van der Waals surface area contributed by atoms with Gasteiger partial charge in [0.2, 0.25) is 15.9 Å². The number of rotatable bonds is 9. The van der Waals surface area contributed by atoms with Crippen LogP contribution in [-0.2, 0) is 14.8 Å². The van der Waals surface area contributed by atoms with Crippen LogP contribution in [0.2, 0.25) is 0 Å². The molecular formula is C26H29N3O5S. The van der Waals surface area contributed by atoms with Crippen LogP contribution in [0, 0.1) is 0 Å². The molecule has 0 unspecified atom stereocenters. The zero-order valence-corrected chi connectivity index (χ0v) is 20.2. The second-order valence-electron chi connectivity index (χ2n) is 8.41. The maximum Gasteiger partial charge on any atom is 0.289 e. The lowest BCUT2D eigenvalue weighted by Crippen LogP contribution is -2.51. The number of furan rings is 1. The van der Waals surface area contributed by atoms with Crippen LogP contribution in [0.4, 0.5) is 0 Å². The van der Waals surface area contributed by atoms with Gasteiger partial charge in [-0.3, -0.25) is 9.59 Å². The van der Waals surface area contributed by atoms with Crippen LogP contribution in [0.15, 0.2) is 83.5 Å². The molecule has 0 atom stereocenters. The van der Waals surface area contributed by atoms with Crippen LogP contribution in [0.25, 0.3) is 0 Å². The van der Waals surface area contributed by atoms with Gasteiger partial charge >= 0.3 is 0 Å². The van der Waals surface area contributed by atoms with E-state index in [0.717, 1.165) is 11.1 Å². The van der Waals surface area contributed by atoms with Crippen molar-refractivity contribution in [3.05, 3.63) is 95.9 Å². The Bertz CT molecular complexity index is 1170. The zero-order chi connectivity index (χ0) is 24.7. The van der Waals surface area contributed by atoms with Crippen LogP contribution >= 0.6 is 0 Å². The molecule has 184 valence electrons. The van der Waals surface area contributed by atoms with E-state index in [2.05, 4.69) is 5.32 Å². The Morgan fingerprint density at radius 1 is 0.857 bits per heavy atom. The van der Waals surface area contributed by atoms with Gasteiger partial charge in [-0.1, -0.05) is 60.7 Å². The number of carbonyl (C=O) groups is 2. The Balaban J connectivity index is 1.28. The molecule has 0 spiro atoms. The highest BCUT2D eigenvalue weighted by atomic mass is 32.2. The highest BCUT2D eigenvalue weighted by Crippen LogP contribution is 2.27. The first kappa shape index (κ1) is 24.7. The molecule has 0 aliphatic carbocycles. The molecule has 8 nitrogen and oxygen atoms in total. The van der Waals surface area contributed by atoms with Crippen molar-refractivity contribution in [3.8, 4) is 0 Å². The van der Waals surface area contributed by atoms with Crippen molar-refractivity contribution < 1.29 is 22.4 Å². The van der Waals surface area contributed by atoms with Crippen molar-refractivity contribution in [1.82, 2.24) is 14.5 Å². The van der Waals surface area contributed by atoms with E-state index >= 15 is 0 Å². The number of hydrogen-bond donors (Lipinski definition) is 1. The SMILES string of the molecule is O=C(CC(c1ccccc1)c1ccccc1)NCCS(=O)(=O)N1CCN(C(=O)c2ccco2)CC1. The first-order valence-corrected chi connectivity index (χ1v) is 13.2. The average molecular weight is 496 g/mol. The van der Waals surface area contributed by atoms with Gasteiger partial charge in [0, 0.05) is 45.1 Å². The maximum absolute atomic E-state index is 12.8. The van der Waals surface area contributed by atoms with Crippen molar-refractivity contribution in [3.63, 3.8) is 0 Å². The van der Waals surface area contributed by atoms with Gasteiger partial charge in [0.25, 0.3) is 5.91 Å². The van der Waals surface area contributed by atoms with Gasteiger partial charge in [0.05, 0.1) is 12.0 Å². The van der Waals surface area contributed by atoms with Crippen LogP contribution in [0.3, 0.4) is 0 Å². The summed E-state index contributed by atoms with van der Waals surface area (Å²) in [6.07, 6.45) is 1.66. The summed E-state index contributed by atoms with van der Waals surface area (Å²) < 4.78 is 32.1. The van der Waals surface area contributed by atoms with Crippen molar-refractivity contribution in [1.29, 1.82) is 0 Å². The summed E-state index contributed by atoms with van der Waals surface area (Å²) in [6.45, 7) is 1.05. The highest BCUT2D eigenvalue weighted by Gasteiger charge is 2.30. The monoisotopic (exact) mass is 495 g/mol. The maximum atomic E-state index is 12.8. The average Bonchev–Trinajstić information content (AvgIpc) is 3.43. The lowest BCUT2D eigenvalue weighted by atomic mass is 9.88. The van der Waals surface area contributed by atoms with E-state index in [-0.39, 0.29) is 55.3 Å². The van der Waals surface area contributed by atoms with E-state index in [0.29, 0.717) is 13.1 Å². The van der Waals surface area contributed by atoms with Gasteiger partial charge in [-0.05, 0) is 23.3 Å². The molecule has 2 heterocycles. The summed E-state index contributed by atoms with van der Waals surface area (Å²) >= 11 is 0. The molecule has 9 heteroatoms. The van der Waals surface area contributed by atoms with Gasteiger partial charge in [0.1, 0.15) is 0 Å². The molecule has 35 heavy (non-hydrogen) atoms. The Morgan fingerprint density at radius 3 is 2.00 bits per heavy atom. The van der Waals surface area contributed by atoms with Gasteiger partial charge < -0.3 is 14.6 Å². The van der Waals surface area contributed by atoms with E-state index in [9.17, 15) is 18.0 Å². The predicted octanol–water partition coefficient (Wildman–Crippen LogP) is 2.71. The van der Waals surface area contributed by atoms with Crippen molar-refractivity contribution in [2.45, 2.75) is 12.3 Å². The number of piperazine rings is 1. The lowest BCUT2D eigenvalue weighted by molar-refractivity contribution is -0.121. The quantitative estimate of drug-likeness (QED) is 0.492. The molecule has 2 aromatic carbocycles. The summed E-state index contributed by atoms with van der Waals surface area (Å²) in [5.74, 6) is -0.508. The Kier molecular flexibility index (Phi) is 7.99. The van der Waals surface area contributed by atoms with Gasteiger partial charge in [-0.2, -0.15) is 4.31 Å². The van der Waals surface area contributed by atoms with Crippen LogP contribution < -0.4 is 5.32 Å². The molecule has 0 radical (unpaired) electrons. The number of benzene rings is 2. The summed E-state index contributed by atoms with van der Waals surface area (Å²) in [4.78, 5) is 26.7. The first-order chi connectivity index (χ1) is 16.9. The molecular weight excluding hydrogens is 466 g/mol. The van der Waals surface area contributed by atoms with Crippen LogP contribution in [-0.4, -0.2) is 67.9 Å². The van der Waals surface area contributed by atoms with Crippen LogP contribution in [0.1, 0.15) is 34.0 Å². The van der Waals surface area contributed by atoms with Crippen molar-refractivity contribution in [2.24, 2.45) is 0 Å². The molecule has 1 N–H and O–H groups in total.